The van der Waals surface area contributed by atoms with Gasteiger partial charge in [-0.15, -0.1) is 0 Å². The SMILES string of the molecule is S=C(Nc1ccc(C(c2c[nH]c3ccc(Br)cc23)c2c[nH]c3ccc(Br)cc23)cc1)Nc1cccc(Br)c1. The Labute approximate surface area is 250 Å². The van der Waals surface area contributed by atoms with Gasteiger partial charge in [0.1, 0.15) is 0 Å². The lowest BCUT2D eigenvalue weighted by Crippen LogP contribution is -2.19. The normalized spacial score (nSPS) is 11.4. The topological polar surface area (TPSA) is 55.6 Å². The third-order valence-electron chi connectivity index (χ3n) is 6.56. The lowest BCUT2D eigenvalue weighted by Gasteiger charge is -2.18. The van der Waals surface area contributed by atoms with Crippen LogP contribution in [0.2, 0.25) is 0 Å². The molecule has 0 aliphatic rings. The highest BCUT2D eigenvalue weighted by Crippen LogP contribution is 2.40. The predicted molar refractivity (Wildman–Crippen MR) is 173 cm³/mol. The van der Waals surface area contributed by atoms with Crippen LogP contribution in [0.15, 0.2) is 111 Å². The molecule has 38 heavy (non-hydrogen) atoms. The van der Waals surface area contributed by atoms with Gasteiger partial charge in [-0.1, -0.05) is 66.0 Å². The van der Waals surface area contributed by atoms with Gasteiger partial charge < -0.3 is 20.6 Å². The second-order valence-corrected chi connectivity index (χ2v) is 12.2. The second-order valence-electron chi connectivity index (χ2n) is 9.01. The lowest BCUT2D eigenvalue weighted by molar-refractivity contribution is 0.998. The van der Waals surface area contributed by atoms with Crippen LogP contribution in [0.1, 0.15) is 22.6 Å². The van der Waals surface area contributed by atoms with E-state index in [-0.39, 0.29) is 5.92 Å². The molecule has 2 heterocycles. The van der Waals surface area contributed by atoms with Crippen molar-refractivity contribution in [3.63, 3.8) is 0 Å². The molecule has 0 fully saturated rings. The summed E-state index contributed by atoms with van der Waals surface area (Å²) >= 11 is 16.4. The summed E-state index contributed by atoms with van der Waals surface area (Å²) in [5.41, 5.74) is 7.67. The van der Waals surface area contributed by atoms with Crippen LogP contribution >= 0.6 is 60.0 Å². The first-order valence-electron chi connectivity index (χ1n) is 11.9. The summed E-state index contributed by atoms with van der Waals surface area (Å²) < 4.78 is 3.10. The van der Waals surface area contributed by atoms with Gasteiger partial charge in [0.2, 0.25) is 0 Å². The molecule has 0 radical (unpaired) electrons. The van der Waals surface area contributed by atoms with E-state index in [4.69, 9.17) is 12.2 Å². The summed E-state index contributed by atoms with van der Waals surface area (Å²) in [5, 5.41) is 9.45. The number of aromatic amines is 2. The summed E-state index contributed by atoms with van der Waals surface area (Å²) in [5.74, 6) is 0.0156. The fourth-order valence-electron chi connectivity index (χ4n) is 4.85. The number of benzene rings is 4. The van der Waals surface area contributed by atoms with E-state index in [0.29, 0.717) is 5.11 Å². The molecule has 0 unspecified atom stereocenters. The van der Waals surface area contributed by atoms with Crippen molar-refractivity contribution in [2.24, 2.45) is 0 Å². The van der Waals surface area contributed by atoms with Crippen molar-refractivity contribution in [2.45, 2.75) is 5.92 Å². The minimum atomic E-state index is 0.0156. The molecule has 0 aliphatic carbocycles. The van der Waals surface area contributed by atoms with Crippen molar-refractivity contribution in [1.82, 2.24) is 9.97 Å². The molecule has 6 aromatic rings. The number of fused-ring (bicyclic) bond motifs is 2. The third-order valence-corrected chi connectivity index (χ3v) is 8.24. The van der Waals surface area contributed by atoms with Gasteiger partial charge in [0.25, 0.3) is 0 Å². The molecule has 0 spiro atoms. The number of thiocarbonyl (C=S) groups is 1. The molecule has 4 nitrogen and oxygen atoms in total. The van der Waals surface area contributed by atoms with Crippen molar-refractivity contribution in [1.29, 1.82) is 0 Å². The van der Waals surface area contributed by atoms with E-state index in [9.17, 15) is 0 Å². The Morgan fingerprint density at radius 1 is 0.632 bits per heavy atom. The molecule has 0 saturated carbocycles. The molecule has 4 N–H and O–H groups in total. The van der Waals surface area contributed by atoms with Crippen molar-refractivity contribution >= 4 is 98.3 Å². The zero-order valence-electron chi connectivity index (χ0n) is 19.9. The Morgan fingerprint density at radius 2 is 1.18 bits per heavy atom. The van der Waals surface area contributed by atoms with Crippen LogP contribution in [0, 0.1) is 0 Å². The van der Waals surface area contributed by atoms with E-state index in [1.165, 1.54) is 27.5 Å². The Balaban J connectivity index is 1.37. The van der Waals surface area contributed by atoms with E-state index in [1.54, 1.807) is 0 Å². The molecule has 0 saturated heterocycles. The van der Waals surface area contributed by atoms with E-state index in [0.717, 1.165) is 35.8 Å². The molecule has 6 rings (SSSR count). The van der Waals surface area contributed by atoms with E-state index in [1.807, 2.05) is 24.3 Å². The van der Waals surface area contributed by atoms with E-state index >= 15 is 0 Å². The van der Waals surface area contributed by atoms with Crippen LogP contribution in [-0.2, 0) is 0 Å². The Bertz CT molecular complexity index is 1710. The predicted octanol–water partition coefficient (Wildman–Crippen LogP) is 9.93. The summed E-state index contributed by atoms with van der Waals surface area (Å²) in [6, 6.07) is 29.1. The second kappa shape index (κ2) is 10.7. The molecule has 0 bridgehead atoms. The number of halogens is 3. The third kappa shape index (κ3) is 5.18. The summed E-state index contributed by atoms with van der Waals surface area (Å²) in [6.45, 7) is 0. The van der Waals surface area contributed by atoms with Crippen LogP contribution in [0.4, 0.5) is 11.4 Å². The van der Waals surface area contributed by atoms with E-state index in [2.05, 4.69) is 141 Å². The molecule has 0 amide bonds. The smallest absolute Gasteiger partial charge is 0.175 e. The minimum absolute atomic E-state index is 0.0156. The molecule has 0 aliphatic heterocycles. The fourth-order valence-corrected chi connectivity index (χ4v) is 6.21. The average molecular weight is 709 g/mol. The first-order chi connectivity index (χ1) is 18.4. The maximum atomic E-state index is 5.55. The molecule has 4 aromatic carbocycles. The van der Waals surface area contributed by atoms with Gasteiger partial charge in [0.15, 0.2) is 5.11 Å². The number of anilines is 2. The van der Waals surface area contributed by atoms with Crippen molar-refractivity contribution in [3.8, 4) is 0 Å². The molecule has 2 aromatic heterocycles. The van der Waals surface area contributed by atoms with Gasteiger partial charge >= 0.3 is 0 Å². The number of aromatic nitrogens is 2. The van der Waals surface area contributed by atoms with Gasteiger partial charge in [-0.25, -0.2) is 0 Å². The maximum Gasteiger partial charge on any atom is 0.175 e. The maximum absolute atomic E-state index is 5.55. The Hall–Kier alpha value is -2.91. The lowest BCUT2D eigenvalue weighted by atomic mass is 9.84. The minimum Gasteiger partial charge on any atom is -0.361 e. The molecule has 0 atom stereocenters. The number of hydrogen-bond acceptors (Lipinski definition) is 1. The zero-order valence-corrected chi connectivity index (χ0v) is 25.4. The largest absolute Gasteiger partial charge is 0.361 e. The van der Waals surface area contributed by atoms with Crippen LogP contribution in [0.5, 0.6) is 0 Å². The van der Waals surface area contributed by atoms with E-state index < -0.39 is 0 Å². The molecule has 188 valence electrons. The first kappa shape index (κ1) is 25.4. The number of hydrogen-bond donors (Lipinski definition) is 4. The van der Waals surface area contributed by atoms with Crippen molar-refractivity contribution in [2.75, 3.05) is 10.6 Å². The fraction of sp³-hybridized carbons (Fsp3) is 0.0333. The molecular weight excluding hydrogens is 688 g/mol. The van der Waals surface area contributed by atoms with Gasteiger partial charge in [0.05, 0.1) is 0 Å². The summed E-state index contributed by atoms with van der Waals surface area (Å²) in [4.78, 5) is 6.94. The first-order valence-corrected chi connectivity index (χ1v) is 14.7. The highest BCUT2D eigenvalue weighted by atomic mass is 79.9. The van der Waals surface area contributed by atoms with Gasteiger partial charge in [-0.2, -0.15) is 0 Å². The summed E-state index contributed by atoms with van der Waals surface area (Å²) in [7, 11) is 0. The zero-order chi connectivity index (χ0) is 26.2. The van der Waals surface area contributed by atoms with Crippen LogP contribution < -0.4 is 10.6 Å². The standard InChI is InChI=1S/C30H21Br3N4S/c31-18-2-1-3-22(12-18)37-30(38)36-21-8-4-17(5-9-21)29(25-15-34-27-10-6-19(32)13-23(25)27)26-16-35-28-11-7-20(33)14-24(26)28/h1-16,29,34-35H,(H2,36,37,38). The monoisotopic (exact) mass is 706 g/mol. The van der Waals surface area contributed by atoms with Gasteiger partial charge in [-0.3, -0.25) is 0 Å². The Kier molecular flexibility index (Phi) is 7.14. The van der Waals surface area contributed by atoms with Gasteiger partial charge in [-0.05, 0) is 95.6 Å². The number of rotatable bonds is 5. The Morgan fingerprint density at radius 3 is 1.76 bits per heavy atom. The van der Waals surface area contributed by atoms with Crippen LogP contribution in [0.25, 0.3) is 21.8 Å². The van der Waals surface area contributed by atoms with Crippen molar-refractivity contribution in [3.05, 3.63) is 127 Å². The molecular formula is C30H21Br3N4S. The average Bonchev–Trinajstić information content (AvgIpc) is 3.49. The number of nitrogens with one attached hydrogen (secondary N) is 4. The van der Waals surface area contributed by atoms with Crippen molar-refractivity contribution < 1.29 is 0 Å². The van der Waals surface area contributed by atoms with Crippen LogP contribution in [0.3, 0.4) is 0 Å². The van der Waals surface area contributed by atoms with Crippen LogP contribution in [-0.4, -0.2) is 15.1 Å². The number of H-pyrrole nitrogens is 2. The summed E-state index contributed by atoms with van der Waals surface area (Å²) in [6.07, 6.45) is 4.25. The highest BCUT2D eigenvalue weighted by molar-refractivity contribution is 9.11. The quantitative estimate of drug-likeness (QED) is 0.135. The molecule has 8 heteroatoms. The van der Waals surface area contributed by atoms with Gasteiger partial charge in [0, 0.05) is 64.9 Å². The highest BCUT2D eigenvalue weighted by Gasteiger charge is 2.23.